The van der Waals surface area contributed by atoms with Crippen LogP contribution in [-0.4, -0.2) is 18.1 Å². The molecule has 1 aromatic carbocycles. The predicted molar refractivity (Wildman–Crippen MR) is 57.3 cm³/mol. The number of anilines is 2. The van der Waals surface area contributed by atoms with Crippen LogP contribution in [0.3, 0.4) is 0 Å². The maximum absolute atomic E-state index is 12.9. The number of halogens is 2. The van der Waals surface area contributed by atoms with Crippen molar-refractivity contribution in [3.8, 4) is 5.75 Å². The number of hydrogen-bond acceptors (Lipinski definition) is 3. The molecule has 0 saturated heterocycles. The van der Waals surface area contributed by atoms with Crippen LogP contribution in [0.2, 0.25) is 0 Å². The zero-order chi connectivity index (χ0) is 12.0. The molecule has 1 aliphatic heterocycles. The van der Waals surface area contributed by atoms with E-state index in [9.17, 15) is 13.6 Å². The number of benzene rings is 1. The van der Waals surface area contributed by atoms with Crippen LogP contribution < -0.4 is 15.4 Å². The monoisotopic (exact) mass is 240 g/mol. The molecular formula is C11H10F2N2O2. The highest BCUT2D eigenvalue weighted by Crippen LogP contribution is 2.37. The van der Waals surface area contributed by atoms with E-state index in [-0.39, 0.29) is 11.4 Å². The van der Waals surface area contributed by atoms with E-state index in [1.54, 1.807) is 12.1 Å². The van der Waals surface area contributed by atoms with Gasteiger partial charge in [-0.05, 0) is 31.0 Å². The summed E-state index contributed by atoms with van der Waals surface area (Å²) in [6.45, 7) is 0. The van der Waals surface area contributed by atoms with Crippen molar-refractivity contribution in [1.82, 2.24) is 0 Å². The van der Waals surface area contributed by atoms with Gasteiger partial charge in [0.05, 0.1) is 5.69 Å². The van der Waals surface area contributed by atoms with E-state index in [0.29, 0.717) is 6.04 Å². The van der Waals surface area contributed by atoms with Crippen LogP contribution >= 0.6 is 0 Å². The van der Waals surface area contributed by atoms with Crippen LogP contribution in [0.15, 0.2) is 18.2 Å². The molecular weight excluding hydrogens is 230 g/mol. The first-order valence-corrected chi connectivity index (χ1v) is 5.33. The molecule has 0 atom stereocenters. The summed E-state index contributed by atoms with van der Waals surface area (Å²) in [6.07, 6.45) is -1.57. The van der Waals surface area contributed by atoms with E-state index < -0.39 is 12.0 Å². The number of carbonyl (C=O) groups excluding carboxylic acids is 1. The summed E-state index contributed by atoms with van der Waals surface area (Å²) in [6, 6.07) is 5.13. The van der Waals surface area contributed by atoms with Crippen LogP contribution in [0, 0.1) is 0 Å². The summed E-state index contributed by atoms with van der Waals surface area (Å²) in [5.41, 5.74) is 1.06. The predicted octanol–water partition coefficient (Wildman–Crippen LogP) is 2.18. The SMILES string of the molecule is O=C1Nc2cc(NC3CC3)ccc2OC1(F)F. The van der Waals surface area contributed by atoms with Gasteiger partial charge in [0.25, 0.3) is 0 Å². The van der Waals surface area contributed by atoms with Crippen molar-refractivity contribution in [3.05, 3.63) is 18.2 Å². The largest absolute Gasteiger partial charge is 0.482 e. The van der Waals surface area contributed by atoms with Gasteiger partial charge in [0.1, 0.15) is 0 Å². The molecule has 90 valence electrons. The van der Waals surface area contributed by atoms with Gasteiger partial charge in [0, 0.05) is 11.7 Å². The van der Waals surface area contributed by atoms with Gasteiger partial charge >= 0.3 is 12.0 Å². The Morgan fingerprint density at radius 2 is 2.18 bits per heavy atom. The maximum Gasteiger partial charge on any atom is 0.482 e. The molecule has 0 radical (unpaired) electrons. The second-order valence-electron chi connectivity index (χ2n) is 4.20. The summed E-state index contributed by atoms with van der Waals surface area (Å²) in [7, 11) is 0. The number of hydrogen-bond donors (Lipinski definition) is 2. The third-order valence-electron chi connectivity index (χ3n) is 2.68. The van der Waals surface area contributed by atoms with Gasteiger partial charge in [-0.15, -0.1) is 0 Å². The summed E-state index contributed by atoms with van der Waals surface area (Å²) < 4.78 is 30.2. The highest BCUT2D eigenvalue weighted by atomic mass is 19.3. The van der Waals surface area contributed by atoms with Gasteiger partial charge in [0.2, 0.25) is 0 Å². The Kier molecular flexibility index (Phi) is 2.01. The minimum absolute atomic E-state index is 0.0176. The van der Waals surface area contributed by atoms with Crippen molar-refractivity contribution in [2.75, 3.05) is 10.6 Å². The molecule has 6 heteroatoms. The fraction of sp³-hybridized carbons (Fsp3) is 0.364. The lowest BCUT2D eigenvalue weighted by Gasteiger charge is -2.25. The van der Waals surface area contributed by atoms with Crippen molar-refractivity contribution < 1.29 is 18.3 Å². The number of fused-ring (bicyclic) bond motifs is 1. The molecule has 1 fully saturated rings. The van der Waals surface area contributed by atoms with Crippen LogP contribution in [0.1, 0.15) is 12.8 Å². The summed E-state index contributed by atoms with van der Waals surface area (Å²) in [4.78, 5) is 11.0. The van der Waals surface area contributed by atoms with E-state index in [0.717, 1.165) is 18.5 Å². The molecule has 2 N–H and O–H groups in total. The molecule has 0 bridgehead atoms. The summed E-state index contributed by atoms with van der Waals surface area (Å²) in [5, 5.41) is 5.34. The standard InChI is InChI=1S/C11H10F2N2O2/c12-11(13)10(16)15-8-5-7(14-6-1-2-6)3-4-9(8)17-11/h3-6,14H,1-2H2,(H,15,16). The zero-order valence-electron chi connectivity index (χ0n) is 8.80. The molecule has 1 aliphatic carbocycles. The molecule has 3 rings (SSSR count). The molecule has 1 amide bonds. The van der Waals surface area contributed by atoms with Gasteiger partial charge in [-0.25, -0.2) is 0 Å². The summed E-state index contributed by atoms with van der Waals surface area (Å²) >= 11 is 0. The number of amides is 1. The Morgan fingerprint density at radius 1 is 1.41 bits per heavy atom. The van der Waals surface area contributed by atoms with Gasteiger partial charge in [0.15, 0.2) is 5.75 Å². The van der Waals surface area contributed by atoms with E-state index >= 15 is 0 Å². The van der Waals surface area contributed by atoms with Gasteiger partial charge < -0.3 is 15.4 Å². The molecule has 0 spiro atoms. The number of rotatable bonds is 2. The highest BCUT2D eigenvalue weighted by molar-refractivity contribution is 5.99. The molecule has 1 saturated carbocycles. The van der Waals surface area contributed by atoms with E-state index in [1.807, 2.05) is 0 Å². The average molecular weight is 240 g/mol. The molecule has 1 aromatic rings. The molecule has 17 heavy (non-hydrogen) atoms. The topological polar surface area (TPSA) is 50.4 Å². The first kappa shape index (κ1) is 10.3. The quantitative estimate of drug-likeness (QED) is 0.833. The van der Waals surface area contributed by atoms with Crippen molar-refractivity contribution in [3.63, 3.8) is 0 Å². The maximum atomic E-state index is 12.9. The Bertz CT molecular complexity index is 486. The highest BCUT2D eigenvalue weighted by Gasteiger charge is 2.46. The van der Waals surface area contributed by atoms with Gasteiger partial charge in [-0.3, -0.25) is 4.79 Å². The zero-order valence-corrected chi connectivity index (χ0v) is 8.80. The normalized spacial score (nSPS) is 21.2. The van der Waals surface area contributed by atoms with Crippen molar-refractivity contribution in [1.29, 1.82) is 0 Å². The van der Waals surface area contributed by atoms with Crippen LogP contribution in [0.4, 0.5) is 20.2 Å². The minimum Gasteiger partial charge on any atom is -0.423 e. The number of ether oxygens (including phenoxy) is 1. The lowest BCUT2D eigenvalue weighted by atomic mass is 10.2. The molecule has 0 unspecified atom stereocenters. The van der Waals surface area contributed by atoms with E-state index in [2.05, 4.69) is 15.4 Å². The molecule has 4 nitrogen and oxygen atoms in total. The molecule has 0 aromatic heterocycles. The Balaban J connectivity index is 1.88. The van der Waals surface area contributed by atoms with Crippen molar-refractivity contribution in [2.45, 2.75) is 25.0 Å². The first-order chi connectivity index (χ1) is 8.04. The number of alkyl halides is 2. The van der Waals surface area contributed by atoms with Gasteiger partial charge in [-0.1, -0.05) is 0 Å². The van der Waals surface area contributed by atoms with E-state index in [1.165, 1.54) is 6.07 Å². The fourth-order valence-corrected chi connectivity index (χ4v) is 1.65. The summed E-state index contributed by atoms with van der Waals surface area (Å²) in [5.74, 6) is -1.45. The fourth-order valence-electron chi connectivity index (χ4n) is 1.65. The Hall–Kier alpha value is -1.85. The van der Waals surface area contributed by atoms with Crippen LogP contribution in [-0.2, 0) is 4.79 Å². The lowest BCUT2D eigenvalue weighted by molar-refractivity contribution is -0.189. The smallest absolute Gasteiger partial charge is 0.423 e. The van der Waals surface area contributed by atoms with Crippen molar-refractivity contribution in [2.24, 2.45) is 0 Å². The van der Waals surface area contributed by atoms with Crippen LogP contribution in [0.25, 0.3) is 0 Å². The second-order valence-corrected chi connectivity index (χ2v) is 4.20. The number of carbonyl (C=O) groups is 1. The Morgan fingerprint density at radius 3 is 2.88 bits per heavy atom. The Labute approximate surface area is 96.0 Å². The van der Waals surface area contributed by atoms with Crippen LogP contribution in [0.5, 0.6) is 5.75 Å². The van der Waals surface area contributed by atoms with E-state index in [4.69, 9.17) is 0 Å². The molecule has 1 heterocycles. The third kappa shape index (κ3) is 1.90. The lowest BCUT2D eigenvalue weighted by Crippen LogP contribution is -2.43. The van der Waals surface area contributed by atoms with Crippen molar-refractivity contribution >= 4 is 17.3 Å². The third-order valence-corrected chi connectivity index (χ3v) is 2.68. The molecule has 2 aliphatic rings. The first-order valence-electron chi connectivity index (χ1n) is 5.33. The average Bonchev–Trinajstić information content (AvgIpc) is 3.04. The second kappa shape index (κ2) is 3.32. The van der Waals surface area contributed by atoms with Gasteiger partial charge in [-0.2, -0.15) is 8.78 Å². The minimum atomic E-state index is -3.79. The number of nitrogens with one attached hydrogen (secondary N) is 2.